The molecule has 7 heteroatoms. The van der Waals surface area contributed by atoms with Crippen LogP contribution in [0.1, 0.15) is 5.82 Å². The number of benzene rings is 1. The summed E-state index contributed by atoms with van der Waals surface area (Å²) < 4.78 is 27.4. The number of halogens is 2. The van der Waals surface area contributed by atoms with Crippen LogP contribution in [0, 0.1) is 16.4 Å². The first kappa shape index (κ1) is 10.9. The number of nitrogens with zero attached hydrogens (tertiary/aromatic N) is 2. The van der Waals surface area contributed by atoms with Gasteiger partial charge in [0, 0.05) is 6.07 Å². The maximum absolute atomic E-state index is 13.0. The Morgan fingerprint density at radius 3 is 2.50 bits per heavy atom. The summed E-state index contributed by atoms with van der Waals surface area (Å²) in [5.74, 6) is -1.25. The molecule has 2 aromatic rings. The summed E-state index contributed by atoms with van der Waals surface area (Å²) in [5.41, 5.74) is 0.181. The zero-order chi connectivity index (χ0) is 11.7. The third kappa shape index (κ3) is 1.86. The SMILES string of the molecule is OCc1n[nH]c(=S)n1-c1cc(F)cc(F)c1. The predicted octanol–water partition coefficient (Wildman–Crippen LogP) is 1.70. The molecule has 84 valence electrons. The van der Waals surface area contributed by atoms with Crippen LogP contribution in [-0.4, -0.2) is 19.9 Å². The first-order valence-electron chi connectivity index (χ1n) is 4.35. The molecular weight excluding hydrogens is 236 g/mol. The smallest absolute Gasteiger partial charge is 0.199 e. The van der Waals surface area contributed by atoms with Gasteiger partial charge in [0.2, 0.25) is 0 Å². The standard InChI is InChI=1S/C9H7F2N3OS/c10-5-1-6(11)3-7(2-5)14-8(4-15)12-13-9(14)16/h1-3,15H,4H2,(H,13,16). The Bertz CT molecular complexity index is 558. The van der Waals surface area contributed by atoms with Crippen LogP contribution in [0.15, 0.2) is 18.2 Å². The first-order chi connectivity index (χ1) is 7.61. The quantitative estimate of drug-likeness (QED) is 0.789. The Labute approximate surface area is 94.2 Å². The molecule has 1 aromatic carbocycles. The summed E-state index contributed by atoms with van der Waals surface area (Å²) in [6.45, 7) is -0.384. The van der Waals surface area contributed by atoms with E-state index in [4.69, 9.17) is 17.3 Å². The lowest BCUT2D eigenvalue weighted by Gasteiger charge is -2.05. The van der Waals surface area contributed by atoms with Gasteiger partial charge in [-0.2, -0.15) is 5.10 Å². The fourth-order valence-electron chi connectivity index (χ4n) is 1.37. The van der Waals surface area contributed by atoms with E-state index in [2.05, 4.69) is 10.2 Å². The van der Waals surface area contributed by atoms with Crippen LogP contribution in [0.4, 0.5) is 8.78 Å². The lowest BCUT2D eigenvalue weighted by atomic mass is 10.3. The van der Waals surface area contributed by atoms with Crippen LogP contribution in [-0.2, 0) is 6.61 Å². The maximum Gasteiger partial charge on any atom is 0.199 e. The molecule has 4 nitrogen and oxygen atoms in total. The van der Waals surface area contributed by atoms with Crippen molar-refractivity contribution in [1.82, 2.24) is 14.8 Å². The van der Waals surface area contributed by atoms with Crippen LogP contribution in [0.2, 0.25) is 0 Å². The van der Waals surface area contributed by atoms with Gasteiger partial charge in [-0.05, 0) is 24.4 Å². The van der Waals surface area contributed by atoms with E-state index in [9.17, 15) is 8.78 Å². The summed E-state index contributed by atoms with van der Waals surface area (Å²) in [5, 5.41) is 15.2. The van der Waals surface area contributed by atoms with E-state index in [0.29, 0.717) is 0 Å². The van der Waals surface area contributed by atoms with Crippen molar-refractivity contribution in [1.29, 1.82) is 0 Å². The second-order valence-corrected chi connectivity index (χ2v) is 3.45. The van der Waals surface area contributed by atoms with Crippen molar-refractivity contribution in [3.63, 3.8) is 0 Å². The topological polar surface area (TPSA) is 53.8 Å². The predicted molar refractivity (Wildman–Crippen MR) is 54.6 cm³/mol. The molecule has 2 rings (SSSR count). The van der Waals surface area contributed by atoms with Gasteiger partial charge in [0.25, 0.3) is 0 Å². The van der Waals surface area contributed by atoms with Crippen LogP contribution in [0.5, 0.6) is 0 Å². The molecular formula is C9H7F2N3OS. The van der Waals surface area contributed by atoms with Gasteiger partial charge >= 0.3 is 0 Å². The Balaban J connectivity index is 2.66. The molecule has 0 saturated heterocycles. The third-order valence-electron chi connectivity index (χ3n) is 1.99. The fraction of sp³-hybridized carbons (Fsp3) is 0.111. The molecule has 0 unspecified atom stereocenters. The van der Waals surface area contributed by atoms with Crippen LogP contribution in [0.25, 0.3) is 5.69 Å². The van der Waals surface area contributed by atoms with E-state index in [1.165, 1.54) is 4.57 Å². The average Bonchev–Trinajstić information content (AvgIpc) is 2.58. The monoisotopic (exact) mass is 243 g/mol. The highest BCUT2D eigenvalue weighted by Crippen LogP contribution is 2.14. The highest BCUT2D eigenvalue weighted by atomic mass is 32.1. The number of rotatable bonds is 2. The van der Waals surface area contributed by atoms with Gasteiger partial charge in [0.05, 0.1) is 5.69 Å². The third-order valence-corrected chi connectivity index (χ3v) is 2.26. The number of hydrogen-bond acceptors (Lipinski definition) is 3. The molecule has 0 amide bonds. The number of nitrogens with one attached hydrogen (secondary N) is 1. The second-order valence-electron chi connectivity index (χ2n) is 3.07. The molecule has 2 N–H and O–H groups in total. The van der Waals surface area contributed by atoms with E-state index in [0.717, 1.165) is 18.2 Å². The summed E-state index contributed by atoms with van der Waals surface area (Å²) in [4.78, 5) is 0. The van der Waals surface area contributed by atoms with Gasteiger partial charge in [-0.25, -0.2) is 8.78 Å². The second kappa shape index (κ2) is 4.11. The molecule has 0 radical (unpaired) electrons. The summed E-state index contributed by atoms with van der Waals surface area (Å²) in [6, 6.07) is 2.97. The minimum Gasteiger partial charge on any atom is -0.388 e. The van der Waals surface area contributed by atoms with Crippen molar-refractivity contribution in [3.05, 3.63) is 40.4 Å². The molecule has 0 fully saturated rings. The first-order valence-corrected chi connectivity index (χ1v) is 4.76. The molecule has 16 heavy (non-hydrogen) atoms. The molecule has 1 aromatic heterocycles. The van der Waals surface area contributed by atoms with Crippen LogP contribution in [0.3, 0.4) is 0 Å². The van der Waals surface area contributed by atoms with E-state index in [1.807, 2.05) is 0 Å². The van der Waals surface area contributed by atoms with Crippen molar-refractivity contribution in [3.8, 4) is 5.69 Å². The zero-order valence-electron chi connectivity index (χ0n) is 7.94. The number of hydrogen-bond donors (Lipinski definition) is 2. The minimum absolute atomic E-state index is 0.161. The van der Waals surface area contributed by atoms with Gasteiger partial charge < -0.3 is 5.11 Å². The number of aliphatic hydroxyl groups excluding tert-OH is 1. The summed E-state index contributed by atoms with van der Waals surface area (Å²) in [7, 11) is 0. The molecule has 0 atom stereocenters. The van der Waals surface area contributed by atoms with Gasteiger partial charge in [0.1, 0.15) is 18.2 Å². The lowest BCUT2D eigenvalue weighted by molar-refractivity contribution is 0.268. The van der Waals surface area contributed by atoms with E-state index in [-0.39, 0.29) is 22.9 Å². The average molecular weight is 243 g/mol. The van der Waals surface area contributed by atoms with E-state index >= 15 is 0 Å². The number of aromatic amines is 1. The van der Waals surface area contributed by atoms with Crippen molar-refractivity contribution in [2.24, 2.45) is 0 Å². The van der Waals surface area contributed by atoms with E-state index < -0.39 is 11.6 Å². The van der Waals surface area contributed by atoms with Gasteiger partial charge in [0.15, 0.2) is 10.6 Å². The lowest BCUT2D eigenvalue weighted by Crippen LogP contribution is -2.02. The van der Waals surface area contributed by atoms with E-state index in [1.54, 1.807) is 0 Å². The minimum atomic E-state index is -0.720. The van der Waals surface area contributed by atoms with Crippen molar-refractivity contribution in [2.75, 3.05) is 0 Å². The van der Waals surface area contributed by atoms with Gasteiger partial charge in [-0.1, -0.05) is 0 Å². The molecule has 0 aliphatic heterocycles. The maximum atomic E-state index is 13.0. The van der Waals surface area contributed by atoms with Crippen molar-refractivity contribution >= 4 is 12.2 Å². The van der Waals surface area contributed by atoms with Crippen molar-refractivity contribution < 1.29 is 13.9 Å². The normalized spacial score (nSPS) is 10.7. The molecule has 0 bridgehead atoms. The summed E-state index contributed by atoms with van der Waals surface area (Å²) >= 11 is 4.90. The Kier molecular flexibility index (Phi) is 2.80. The van der Waals surface area contributed by atoms with Crippen molar-refractivity contribution in [2.45, 2.75) is 6.61 Å². The molecule has 0 aliphatic rings. The van der Waals surface area contributed by atoms with Gasteiger partial charge in [-0.3, -0.25) is 9.67 Å². The molecule has 0 saturated carbocycles. The molecule has 0 aliphatic carbocycles. The number of aromatic nitrogens is 3. The summed E-state index contributed by atoms with van der Waals surface area (Å²) in [6.07, 6.45) is 0. The largest absolute Gasteiger partial charge is 0.388 e. The Hall–Kier alpha value is -1.60. The number of aliphatic hydroxyl groups is 1. The van der Waals surface area contributed by atoms with Crippen LogP contribution >= 0.6 is 12.2 Å². The van der Waals surface area contributed by atoms with Gasteiger partial charge in [-0.15, -0.1) is 0 Å². The highest BCUT2D eigenvalue weighted by Gasteiger charge is 2.09. The molecule has 1 heterocycles. The zero-order valence-corrected chi connectivity index (χ0v) is 8.76. The Morgan fingerprint density at radius 1 is 1.31 bits per heavy atom. The Morgan fingerprint density at radius 2 is 1.94 bits per heavy atom. The highest BCUT2D eigenvalue weighted by molar-refractivity contribution is 7.71. The number of H-pyrrole nitrogens is 1. The molecule has 0 spiro atoms. The fourth-order valence-corrected chi connectivity index (χ4v) is 1.63. The van der Waals surface area contributed by atoms with Crippen LogP contribution < -0.4 is 0 Å².